The van der Waals surface area contributed by atoms with Crippen LogP contribution in [-0.4, -0.2) is 43.7 Å². The first-order valence-corrected chi connectivity index (χ1v) is 10.7. The Morgan fingerprint density at radius 2 is 1.91 bits per heavy atom. The molecule has 32 heavy (non-hydrogen) atoms. The van der Waals surface area contributed by atoms with Crippen molar-refractivity contribution in [3.8, 4) is 5.75 Å². The largest absolute Gasteiger partial charge is 0.489 e. The second-order valence-corrected chi connectivity index (χ2v) is 7.77. The van der Waals surface area contributed by atoms with Gasteiger partial charge in [0.15, 0.2) is 0 Å². The van der Waals surface area contributed by atoms with E-state index in [9.17, 15) is 9.18 Å². The van der Waals surface area contributed by atoms with E-state index in [1.807, 2.05) is 19.1 Å². The molecule has 6 nitrogen and oxygen atoms in total. The number of ether oxygens (including phenoxy) is 2. The Kier molecular flexibility index (Phi) is 7.19. The van der Waals surface area contributed by atoms with Crippen LogP contribution >= 0.6 is 0 Å². The van der Waals surface area contributed by atoms with Crippen LogP contribution in [0.15, 0.2) is 65.1 Å². The molecule has 2 aromatic carbocycles. The lowest BCUT2D eigenvalue weighted by molar-refractivity contribution is 0.0117. The zero-order valence-electron chi connectivity index (χ0n) is 18.1. The van der Waals surface area contributed by atoms with Crippen molar-refractivity contribution in [2.24, 2.45) is 0 Å². The molecule has 1 aromatic heterocycles. The lowest BCUT2D eigenvalue weighted by Crippen LogP contribution is -2.43. The molecule has 3 aromatic rings. The molecule has 1 N–H and O–H groups in total. The highest BCUT2D eigenvalue weighted by atomic mass is 19.1. The van der Waals surface area contributed by atoms with Crippen molar-refractivity contribution < 1.29 is 23.1 Å². The van der Waals surface area contributed by atoms with Crippen LogP contribution in [0.2, 0.25) is 0 Å². The van der Waals surface area contributed by atoms with Crippen LogP contribution in [0.1, 0.15) is 33.5 Å². The second kappa shape index (κ2) is 10.4. The summed E-state index contributed by atoms with van der Waals surface area (Å²) < 4.78 is 30.2. The maximum atomic E-state index is 13.0. The number of aryl methyl sites for hydroxylation is 1. The molecule has 0 bridgehead atoms. The summed E-state index contributed by atoms with van der Waals surface area (Å²) in [5.41, 5.74) is 1.36. The fourth-order valence-electron chi connectivity index (χ4n) is 3.70. The first kappa shape index (κ1) is 22.0. The SMILES string of the molecule is Cc1ccc(C(CNC(=O)c2cccc(OCc3ccc(F)cc3)c2)N2CCOCC2)o1. The Balaban J connectivity index is 1.38. The summed E-state index contributed by atoms with van der Waals surface area (Å²) in [6.45, 7) is 5.53. The molecule has 1 unspecified atom stereocenters. The highest BCUT2D eigenvalue weighted by molar-refractivity contribution is 5.94. The number of carbonyl (C=O) groups excluding carboxylic acids is 1. The Morgan fingerprint density at radius 3 is 2.62 bits per heavy atom. The molecular weight excluding hydrogens is 411 g/mol. The van der Waals surface area contributed by atoms with E-state index in [-0.39, 0.29) is 17.8 Å². The Morgan fingerprint density at radius 1 is 1.12 bits per heavy atom. The molecular formula is C25H27FN2O4. The molecule has 1 amide bonds. The third kappa shape index (κ3) is 5.75. The average Bonchev–Trinajstić information content (AvgIpc) is 3.25. The van der Waals surface area contributed by atoms with Gasteiger partial charge in [-0.2, -0.15) is 0 Å². The molecule has 1 atom stereocenters. The summed E-state index contributed by atoms with van der Waals surface area (Å²) in [5, 5.41) is 3.03. The molecule has 4 rings (SSSR count). The van der Waals surface area contributed by atoms with E-state index in [1.165, 1.54) is 12.1 Å². The van der Waals surface area contributed by atoms with Crippen molar-refractivity contribution in [3.05, 3.63) is 89.1 Å². The predicted molar refractivity (Wildman–Crippen MR) is 118 cm³/mol. The maximum absolute atomic E-state index is 13.0. The van der Waals surface area contributed by atoms with Gasteiger partial charge in [-0.3, -0.25) is 9.69 Å². The van der Waals surface area contributed by atoms with E-state index >= 15 is 0 Å². The molecule has 7 heteroatoms. The Labute approximate surface area is 186 Å². The van der Waals surface area contributed by atoms with Crippen molar-refractivity contribution in [1.82, 2.24) is 10.2 Å². The van der Waals surface area contributed by atoms with E-state index < -0.39 is 0 Å². The minimum Gasteiger partial charge on any atom is -0.489 e. The van der Waals surface area contributed by atoms with Crippen molar-refractivity contribution >= 4 is 5.91 Å². The van der Waals surface area contributed by atoms with Crippen molar-refractivity contribution in [3.63, 3.8) is 0 Å². The first-order valence-electron chi connectivity index (χ1n) is 10.7. The van der Waals surface area contributed by atoms with Gasteiger partial charge < -0.3 is 19.2 Å². The lowest BCUT2D eigenvalue weighted by atomic mass is 10.1. The summed E-state index contributed by atoms with van der Waals surface area (Å²) in [6, 6.07) is 17.0. The number of halogens is 1. The van der Waals surface area contributed by atoms with E-state index in [0.29, 0.717) is 37.7 Å². The number of hydrogen-bond acceptors (Lipinski definition) is 5. The van der Waals surface area contributed by atoms with Crippen LogP contribution in [0.5, 0.6) is 5.75 Å². The summed E-state index contributed by atoms with van der Waals surface area (Å²) in [6.07, 6.45) is 0. The maximum Gasteiger partial charge on any atom is 0.251 e. The van der Waals surface area contributed by atoms with E-state index in [1.54, 1.807) is 36.4 Å². The minimum absolute atomic E-state index is 0.0607. The minimum atomic E-state index is -0.285. The van der Waals surface area contributed by atoms with E-state index in [0.717, 1.165) is 30.2 Å². The smallest absolute Gasteiger partial charge is 0.251 e. The summed E-state index contributed by atoms with van der Waals surface area (Å²) >= 11 is 0. The number of hydrogen-bond donors (Lipinski definition) is 1. The molecule has 0 spiro atoms. The third-order valence-corrected chi connectivity index (χ3v) is 5.45. The summed E-state index contributed by atoms with van der Waals surface area (Å²) in [5.74, 6) is 1.79. The number of benzene rings is 2. The van der Waals surface area contributed by atoms with Gasteiger partial charge in [-0.25, -0.2) is 4.39 Å². The number of nitrogens with zero attached hydrogens (tertiary/aromatic N) is 1. The monoisotopic (exact) mass is 438 g/mol. The number of rotatable bonds is 8. The van der Waals surface area contributed by atoms with Crippen LogP contribution in [0, 0.1) is 12.7 Å². The molecule has 1 fully saturated rings. The summed E-state index contributed by atoms with van der Waals surface area (Å²) in [4.78, 5) is 15.1. The average molecular weight is 438 g/mol. The fraction of sp³-hybridized carbons (Fsp3) is 0.320. The summed E-state index contributed by atoms with van der Waals surface area (Å²) in [7, 11) is 0. The highest BCUT2D eigenvalue weighted by Crippen LogP contribution is 2.24. The van der Waals surface area contributed by atoms with Gasteiger partial charge in [-0.15, -0.1) is 0 Å². The number of amides is 1. The standard InChI is InChI=1S/C25H27FN2O4/c1-18-5-10-24(32-18)23(28-11-13-30-14-12-28)16-27-25(29)20-3-2-4-22(15-20)31-17-19-6-8-21(26)9-7-19/h2-10,15,23H,11-14,16-17H2,1H3,(H,27,29). The number of carbonyl (C=O) groups is 1. The van der Waals surface area contributed by atoms with Crippen molar-refractivity contribution in [1.29, 1.82) is 0 Å². The molecule has 1 saturated heterocycles. The molecule has 1 aliphatic rings. The molecule has 0 saturated carbocycles. The number of nitrogens with one attached hydrogen (secondary N) is 1. The van der Waals surface area contributed by atoms with Crippen LogP contribution in [0.25, 0.3) is 0 Å². The van der Waals surface area contributed by atoms with Gasteiger partial charge in [0.25, 0.3) is 5.91 Å². The highest BCUT2D eigenvalue weighted by Gasteiger charge is 2.26. The van der Waals surface area contributed by atoms with Gasteiger partial charge in [-0.05, 0) is 55.0 Å². The topological polar surface area (TPSA) is 63.9 Å². The van der Waals surface area contributed by atoms with Gasteiger partial charge in [0.1, 0.15) is 29.7 Å². The number of morpholine rings is 1. The second-order valence-electron chi connectivity index (χ2n) is 7.77. The first-order chi connectivity index (χ1) is 15.6. The van der Waals surface area contributed by atoms with Crippen molar-refractivity contribution in [2.75, 3.05) is 32.8 Å². The van der Waals surface area contributed by atoms with Gasteiger partial charge in [0.2, 0.25) is 0 Å². The zero-order valence-corrected chi connectivity index (χ0v) is 18.1. The van der Waals surface area contributed by atoms with Gasteiger partial charge in [0, 0.05) is 25.2 Å². The molecule has 0 radical (unpaired) electrons. The van der Waals surface area contributed by atoms with Crippen LogP contribution in [-0.2, 0) is 11.3 Å². The van der Waals surface area contributed by atoms with Gasteiger partial charge in [0.05, 0.1) is 19.3 Å². The zero-order chi connectivity index (χ0) is 22.3. The normalized spacial score (nSPS) is 15.3. The Hall–Kier alpha value is -3.16. The quantitative estimate of drug-likeness (QED) is 0.574. The van der Waals surface area contributed by atoms with Gasteiger partial charge >= 0.3 is 0 Å². The molecule has 0 aliphatic carbocycles. The van der Waals surface area contributed by atoms with Gasteiger partial charge in [-0.1, -0.05) is 18.2 Å². The van der Waals surface area contributed by atoms with Crippen LogP contribution in [0.3, 0.4) is 0 Å². The fourth-order valence-corrected chi connectivity index (χ4v) is 3.70. The predicted octanol–water partition coefficient (Wildman–Crippen LogP) is 4.11. The third-order valence-electron chi connectivity index (χ3n) is 5.45. The molecule has 1 aliphatic heterocycles. The molecule has 2 heterocycles. The van der Waals surface area contributed by atoms with Crippen LogP contribution < -0.4 is 10.1 Å². The van der Waals surface area contributed by atoms with E-state index in [4.69, 9.17) is 13.9 Å². The van der Waals surface area contributed by atoms with E-state index in [2.05, 4.69) is 10.2 Å². The van der Waals surface area contributed by atoms with Crippen LogP contribution in [0.4, 0.5) is 4.39 Å². The van der Waals surface area contributed by atoms with Crippen molar-refractivity contribution in [2.45, 2.75) is 19.6 Å². The number of furan rings is 1. The molecule has 168 valence electrons. The Bertz CT molecular complexity index is 1030. The lowest BCUT2D eigenvalue weighted by Gasteiger charge is -2.33.